The van der Waals surface area contributed by atoms with Gasteiger partial charge in [-0.15, -0.1) is 0 Å². The van der Waals surface area contributed by atoms with Crippen LogP contribution in [0.15, 0.2) is 25.3 Å². The number of hydrogen-bond donors (Lipinski definition) is 0. The summed E-state index contributed by atoms with van der Waals surface area (Å²) in [4.78, 5) is 22.5. The third-order valence-corrected chi connectivity index (χ3v) is 4.12. The number of carbonyl (C=O) groups is 2. The highest BCUT2D eigenvalue weighted by Gasteiger charge is 2.15. The zero-order chi connectivity index (χ0) is 18.8. The van der Waals surface area contributed by atoms with Gasteiger partial charge in [-0.05, 0) is 6.42 Å². The topological polar surface area (TPSA) is 52.6 Å². The molecule has 25 heavy (non-hydrogen) atoms. The maximum absolute atomic E-state index is 11.3. The van der Waals surface area contributed by atoms with Crippen molar-refractivity contribution in [2.24, 2.45) is 0 Å². The fourth-order valence-electron chi connectivity index (χ4n) is 2.65. The third kappa shape index (κ3) is 15.7. The molecule has 0 aromatic heterocycles. The summed E-state index contributed by atoms with van der Waals surface area (Å²) in [6.07, 6.45) is 16.8. The Kier molecular flexibility index (Phi) is 16.2. The number of esters is 2. The first kappa shape index (κ1) is 23.4. The Hall–Kier alpha value is -1.58. The van der Waals surface area contributed by atoms with E-state index < -0.39 is 18.2 Å². The van der Waals surface area contributed by atoms with E-state index in [9.17, 15) is 9.59 Å². The molecule has 0 heterocycles. The van der Waals surface area contributed by atoms with Gasteiger partial charge in [0.1, 0.15) is 0 Å². The van der Waals surface area contributed by atoms with Crippen molar-refractivity contribution in [2.45, 2.75) is 96.7 Å². The minimum Gasteiger partial charge on any atom is -0.422 e. The predicted octanol–water partition coefficient (Wildman–Crippen LogP) is 5.86. The van der Waals surface area contributed by atoms with Crippen LogP contribution in [0.3, 0.4) is 0 Å². The lowest BCUT2D eigenvalue weighted by molar-refractivity contribution is -0.182. The van der Waals surface area contributed by atoms with Crippen molar-refractivity contribution in [3.8, 4) is 0 Å². The van der Waals surface area contributed by atoms with Gasteiger partial charge in [-0.2, -0.15) is 0 Å². The van der Waals surface area contributed by atoms with Crippen LogP contribution in [0.4, 0.5) is 0 Å². The Morgan fingerprint density at radius 3 is 1.44 bits per heavy atom. The first-order chi connectivity index (χ1) is 12.1. The van der Waals surface area contributed by atoms with Crippen LogP contribution >= 0.6 is 0 Å². The van der Waals surface area contributed by atoms with E-state index in [0.29, 0.717) is 6.42 Å². The van der Waals surface area contributed by atoms with Gasteiger partial charge < -0.3 is 9.47 Å². The summed E-state index contributed by atoms with van der Waals surface area (Å²) >= 11 is 0. The fraction of sp³-hybridized carbons (Fsp3) is 0.714. The second-order valence-electron chi connectivity index (χ2n) is 6.39. The van der Waals surface area contributed by atoms with Crippen molar-refractivity contribution in [1.29, 1.82) is 0 Å². The second-order valence-corrected chi connectivity index (χ2v) is 6.39. The van der Waals surface area contributed by atoms with Crippen LogP contribution in [0.25, 0.3) is 0 Å². The molecule has 0 N–H and O–H groups in total. The van der Waals surface area contributed by atoms with Gasteiger partial charge in [0, 0.05) is 18.6 Å². The van der Waals surface area contributed by atoms with Gasteiger partial charge >= 0.3 is 11.9 Å². The van der Waals surface area contributed by atoms with Crippen LogP contribution in [-0.4, -0.2) is 18.2 Å². The van der Waals surface area contributed by atoms with Crippen molar-refractivity contribution >= 4 is 11.9 Å². The van der Waals surface area contributed by atoms with Gasteiger partial charge in [0.05, 0.1) is 0 Å². The van der Waals surface area contributed by atoms with Gasteiger partial charge in [0.15, 0.2) is 0 Å². The largest absolute Gasteiger partial charge is 0.422 e. The molecule has 0 saturated carbocycles. The molecule has 0 saturated heterocycles. The molecule has 0 aliphatic carbocycles. The van der Waals surface area contributed by atoms with Gasteiger partial charge in [-0.1, -0.05) is 90.7 Å². The number of unbranched alkanes of at least 4 members (excludes halogenated alkanes) is 11. The smallest absolute Gasteiger partial charge is 0.333 e. The molecule has 0 aliphatic heterocycles. The molecular weight excluding hydrogens is 316 g/mol. The van der Waals surface area contributed by atoms with Crippen LogP contribution < -0.4 is 0 Å². The highest BCUT2D eigenvalue weighted by molar-refractivity contribution is 5.82. The molecular formula is C21H36O4. The Labute approximate surface area is 153 Å². The molecule has 0 aromatic carbocycles. The molecule has 4 heteroatoms. The molecule has 0 radical (unpaired) electrons. The van der Waals surface area contributed by atoms with Gasteiger partial charge in [-0.3, -0.25) is 0 Å². The first-order valence-corrected chi connectivity index (χ1v) is 9.80. The molecule has 0 rings (SSSR count). The summed E-state index contributed by atoms with van der Waals surface area (Å²) in [6, 6.07) is 0. The van der Waals surface area contributed by atoms with E-state index in [4.69, 9.17) is 9.47 Å². The Morgan fingerprint density at radius 2 is 1.08 bits per heavy atom. The summed E-state index contributed by atoms with van der Waals surface area (Å²) in [5.74, 6) is -1.17. The molecule has 0 spiro atoms. The highest BCUT2D eigenvalue weighted by atomic mass is 16.7. The van der Waals surface area contributed by atoms with Crippen LogP contribution in [-0.2, 0) is 19.1 Å². The van der Waals surface area contributed by atoms with Crippen molar-refractivity contribution in [2.75, 3.05) is 0 Å². The van der Waals surface area contributed by atoms with Gasteiger partial charge in [0.2, 0.25) is 6.29 Å². The first-order valence-electron chi connectivity index (χ1n) is 9.80. The lowest BCUT2D eigenvalue weighted by atomic mass is 10.0. The van der Waals surface area contributed by atoms with Crippen molar-refractivity contribution in [1.82, 2.24) is 0 Å². The average molecular weight is 353 g/mol. The second kappa shape index (κ2) is 17.2. The maximum atomic E-state index is 11.3. The number of rotatable bonds is 17. The zero-order valence-electron chi connectivity index (χ0n) is 16.0. The van der Waals surface area contributed by atoms with Crippen LogP contribution in [0.5, 0.6) is 0 Å². The van der Waals surface area contributed by atoms with Crippen LogP contribution in [0, 0.1) is 0 Å². The lowest BCUT2D eigenvalue weighted by Gasteiger charge is -2.16. The van der Waals surface area contributed by atoms with E-state index in [-0.39, 0.29) is 0 Å². The van der Waals surface area contributed by atoms with E-state index in [1.165, 1.54) is 57.8 Å². The van der Waals surface area contributed by atoms with Gasteiger partial charge in [0.25, 0.3) is 0 Å². The molecule has 0 bridgehead atoms. The van der Waals surface area contributed by atoms with E-state index in [0.717, 1.165) is 31.4 Å². The molecule has 0 aliphatic rings. The number of ether oxygens (including phenoxy) is 2. The molecule has 0 aromatic rings. The van der Waals surface area contributed by atoms with Crippen LogP contribution in [0.2, 0.25) is 0 Å². The standard InChI is InChI=1S/C21H36O4/c1-4-7-8-9-10-11-12-13-14-15-16-17-18-21(24-19(22)5-2)25-20(23)6-3/h5-6,21H,2-4,7-18H2,1H3. The Morgan fingerprint density at radius 1 is 0.720 bits per heavy atom. The zero-order valence-corrected chi connectivity index (χ0v) is 16.0. The highest BCUT2D eigenvalue weighted by Crippen LogP contribution is 2.14. The van der Waals surface area contributed by atoms with Crippen molar-refractivity contribution in [3.63, 3.8) is 0 Å². The molecule has 0 atom stereocenters. The summed E-state index contributed by atoms with van der Waals surface area (Å²) in [7, 11) is 0. The fourth-order valence-corrected chi connectivity index (χ4v) is 2.65. The molecule has 144 valence electrons. The summed E-state index contributed by atoms with van der Waals surface area (Å²) in [5, 5.41) is 0. The van der Waals surface area contributed by atoms with Crippen molar-refractivity contribution in [3.05, 3.63) is 25.3 Å². The van der Waals surface area contributed by atoms with Crippen molar-refractivity contribution < 1.29 is 19.1 Å². The minimum absolute atomic E-state index is 0.511. The van der Waals surface area contributed by atoms with E-state index in [2.05, 4.69) is 20.1 Å². The SMILES string of the molecule is C=CC(=O)OC(CCCCCCCCCCCCCC)OC(=O)C=C. The molecule has 0 amide bonds. The monoisotopic (exact) mass is 352 g/mol. The normalized spacial score (nSPS) is 10.5. The minimum atomic E-state index is -0.848. The van der Waals surface area contributed by atoms with E-state index in [1.807, 2.05) is 0 Å². The summed E-state index contributed by atoms with van der Waals surface area (Å²) in [5.41, 5.74) is 0. The summed E-state index contributed by atoms with van der Waals surface area (Å²) < 4.78 is 10.0. The average Bonchev–Trinajstić information content (AvgIpc) is 2.62. The van der Waals surface area contributed by atoms with E-state index in [1.54, 1.807) is 0 Å². The number of hydrogen-bond acceptors (Lipinski definition) is 4. The van der Waals surface area contributed by atoms with E-state index >= 15 is 0 Å². The predicted molar refractivity (Wildman–Crippen MR) is 102 cm³/mol. The lowest BCUT2D eigenvalue weighted by Crippen LogP contribution is -2.23. The van der Waals surface area contributed by atoms with Crippen LogP contribution in [0.1, 0.15) is 90.4 Å². The molecule has 0 unspecified atom stereocenters. The van der Waals surface area contributed by atoms with Gasteiger partial charge in [-0.25, -0.2) is 9.59 Å². The molecule has 0 fully saturated rings. The summed E-state index contributed by atoms with van der Waals surface area (Å²) in [6.45, 7) is 8.93. The number of carbonyl (C=O) groups excluding carboxylic acids is 2. The quantitative estimate of drug-likeness (QED) is 0.142. The Bertz CT molecular complexity index is 354. The maximum Gasteiger partial charge on any atom is 0.333 e. The Balaban J connectivity index is 3.63. The third-order valence-electron chi connectivity index (χ3n) is 4.12. The molecule has 4 nitrogen and oxygen atoms in total.